The number of carboxylic acid groups (broad SMARTS) is 1. The van der Waals surface area contributed by atoms with Crippen molar-refractivity contribution in [3.8, 4) is 0 Å². The quantitative estimate of drug-likeness (QED) is 0.697. The first-order valence-corrected chi connectivity index (χ1v) is 9.11. The topological polar surface area (TPSA) is 79.3 Å². The summed E-state index contributed by atoms with van der Waals surface area (Å²) in [5.74, 6) is -0.370. The summed E-state index contributed by atoms with van der Waals surface area (Å²) in [6, 6.07) is 7.49. The van der Waals surface area contributed by atoms with Gasteiger partial charge in [0.15, 0.2) is 5.69 Å². The summed E-state index contributed by atoms with van der Waals surface area (Å²) in [6.45, 7) is 0.455. The number of carbonyl (C=O) groups is 2. The van der Waals surface area contributed by atoms with Crippen LogP contribution >= 0.6 is 34.7 Å². The number of nitrogens with zero attached hydrogens (tertiary/aromatic N) is 1. The minimum absolute atomic E-state index is 0.0264. The zero-order valence-electron chi connectivity index (χ0n) is 12.1. The van der Waals surface area contributed by atoms with Gasteiger partial charge in [-0.3, -0.25) is 4.79 Å². The van der Waals surface area contributed by atoms with Gasteiger partial charge in [-0.25, -0.2) is 9.78 Å². The first kappa shape index (κ1) is 17.8. The molecule has 122 valence electrons. The largest absolute Gasteiger partial charge is 0.476 e. The Balaban J connectivity index is 1.63. The Morgan fingerprint density at radius 2 is 2.04 bits per heavy atom. The molecule has 0 saturated carbocycles. The fourth-order valence-corrected chi connectivity index (χ4v) is 3.46. The van der Waals surface area contributed by atoms with E-state index in [9.17, 15) is 9.59 Å². The SMILES string of the molecule is O=C(CCSc1ccc(Cl)cc1)NCCc1nc(C(=O)O)cs1. The van der Waals surface area contributed by atoms with Crippen molar-refractivity contribution in [2.45, 2.75) is 17.7 Å². The highest BCUT2D eigenvalue weighted by Gasteiger charge is 2.08. The first-order chi connectivity index (χ1) is 11.0. The molecule has 0 spiro atoms. The predicted molar refractivity (Wildman–Crippen MR) is 92.6 cm³/mol. The number of rotatable bonds is 8. The van der Waals surface area contributed by atoms with Gasteiger partial charge in [-0.15, -0.1) is 23.1 Å². The van der Waals surface area contributed by atoms with Gasteiger partial charge in [-0.1, -0.05) is 11.6 Å². The summed E-state index contributed by atoms with van der Waals surface area (Å²) in [5.41, 5.74) is 0.0516. The highest BCUT2D eigenvalue weighted by atomic mass is 35.5. The molecule has 0 aliphatic carbocycles. The van der Waals surface area contributed by atoms with Gasteiger partial charge in [0.1, 0.15) is 0 Å². The number of carboxylic acids is 1. The van der Waals surface area contributed by atoms with Crippen molar-refractivity contribution in [2.75, 3.05) is 12.3 Å². The minimum Gasteiger partial charge on any atom is -0.476 e. The molecule has 5 nitrogen and oxygen atoms in total. The van der Waals surface area contributed by atoms with E-state index in [2.05, 4.69) is 10.3 Å². The monoisotopic (exact) mass is 370 g/mol. The van der Waals surface area contributed by atoms with Gasteiger partial charge < -0.3 is 10.4 Å². The maximum atomic E-state index is 11.7. The highest BCUT2D eigenvalue weighted by molar-refractivity contribution is 7.99. The molecular weight excluding hydrogens is 356 g/mol. The number of amides is 1. The highest BCUT2D eigenvalue weighted by Crippen LogP contribution is 2.20. The Labute approximate surface area is 147 Å². The molecule has 0 unspecified atom stereocenters. The maximum Gasteiger partial charge on any atom is 0.355 e. The van der Waals surface area contributed by atoms with E-state index in [1.165, 1.54) is 16.7 Å². The molecule has 1 aromatic heterocycles. The van der Waals surface area contributed by atoms with Gasteiger partial charge in [0, 0.05) is 40.4 Å². The number of thioether (sulfide) groups is 1. The molecule has 1 aromatic carbocycles. The van der Waals surface area contributed by atoms with Crippen LogP contribution in [0.15, 0.2) is 34.5 Å². The molecule has 23 heavy (non-hydrogen) atoms. The molecule has 2 aromatic rings. The third-order valence-corrected chi connectivity index (χ3v) is 5.02. The zero-order valence-corrected chi connectivity index (χ0v) is 14.5. The van der Waals surface area contributed by atoms with Crippen molar-refractivity contribution in [2.24, 2.45) is 0 Å². The molecule has 0 atom stereocenters. The number of hydrogen-bond donors (Lipinski definition) is 2. The van der Waals surface area contributed by atoms with E-state index in [-0.39, 0.29) is 11.6 Å². The van der Waals surface area contributed by atoms with Crippen LogP contribution in [0.4, 0.5) is 0 Å². The van der Waals surface area contributed by atoms with Crippen LogP contribution in [0, 0.1) is 0 Å². The normalized spacial score (nSPS) is 10.5. The number of carbonyl (C=O) groups excluding carboxylic acids is 1. The van der Waals surface area contributed by atoms with Crippen molar-refractivity contribution in [3.63, 3.8) is 0 Å². The molecule has 0 bridgehead atoms. The molecule has 8 heteroatoms. The second kappa shape index (κ2) is 8.90. The van der Waals surface area contributed by atoms with Crippen molar-refractivity contribution < 1.29 is 14.7 Å². The predicted octanol–water partition coefficient (Wildman–Crippen LogP) is 3.34. The van der Waals surface area contributed by atoms with Crippen LogP contribution in [0.5, 0.6) is 0 Å². The van der Waals surface area contributed by atoms with Crippen LogP contribution in [0.1, 0.15) is 21.9 Å². The lowest BCUT2D eigenvalue weighted by molar-refractivity contribution is -0.120. The number of thiazole rings is 1. The number of aromatic nitrogens is 1. The van der Waals surface area contributed by atoms with Gasteiger partial charge in [0.2, 0.25) is 5.91 Å². The number of aromatic carboxylic acids is 1. The van der Waals surface area contributed by atoms with Crippen LogP contribution in [0.3, 0.4) is 0 Å². The smallest absolute Gasteiger partial charge is 0.355 e. The van der Waals surface area contributed by atoms with Crippen LogP contribution in [0.25, 0.3) is 0 Å². The van der Waals surface area contributed by atoms with Gasteiger partial charge >= 0.3 is 5.97 Å². The van der Waals surface area contributed by atoms with Gasteiger partial charge in [0.25, 0.3) is 0 Å². The minimum atomic E-state index is -1.03. The van der Waals surface area contributed by atoms with Crippen molar-refractivity contribution in [1.82, 2.24) is 10.3 Å². The summed E-state index contributed by atoms with van der Waals surface area (Å²) in [6.07, 6.45) is 0.958. The van der Waals surface area contributed by atoms with Crippen molar-refractivity contribution in [1.29, 1.82) is 0 Å². The van der Waals surface area contributed by atoms with E-state index in [4.69, 9.17) is 16.7 Å². The second-order valence-electron chi connectivity index (χ2n) is 4.58. The molecule has 0 fully saturated rings. The van der Waals surface area contributed by atoms with E-state index in [1.807, 2.05) is 24.3 Å². The Morgan fingerprint density at radius 1 is 1.30 bits per heavy atom. The Morgan fingerprint density at radius 3 is 2.70 bits per heavy atom. The Hall–Kier alpha value is -1.57. The lowest BCUT2D eigenvalue weighted by Crippen LogP contribution is -2.25. The molecule has 0 aliphatic heterocycles. The summed E-state index contributed by atoms with van der Waals surface area (Å²) >= 11 is 8.70. The second-order valence-corrected chi connectivity index (χ2v) is 7.13. The number of benzene rings is 1. The van der Waals surface area contributed by atoms with E-state index in [0.29, 0.717) is 35.2 Å². The fraction of sp³-hybridized carbons (Fsp3) is 0.267. The molecule has 0 radical (unpaired) electrons. The summed E-state index contributed by atoms with van der Waals surface area (Å²) in [7, 11) is 0. The maximum absolute atomic E-state index is 11.7. The number of hydrogen-bond acceptors (Lipinski definition) is 5. The third kappa shape index (κ3) is 6.21. The first-order valence-electron chi connectivity index (χ1n) is 6.87. The van der Waals surface area contributed by atoms with Gasteiger partial charge in [-0.2, -0.15) is 0 Å². The average molecular weight is 371 g/mol. The fourth-order valence-electron chi connectivity index (χ4n) is 1.71. The van der Waals surface area contributed by atoms with Crippen molar-refractivity contribution in [3.05, 3.63) is 45.4 Å². The van der Waals surface area contributed by atoms with Gasteiger partial charge in [0.05, 0.1) is 5.01 Å². The Bertz CT molecular complexity index is 674. The summed E-state index contributed by atoms with van der Waals surface area (Å²) < 4.78 is 0. The molecular formula is C15H15ClN2O3S2. The van der Waals surface area contributed by atoms with E-state index < -0.39 is 5.97 Å². The molecule has 0 saturated heterocycles. The molecule has 2 N–H and O–H groups in total. The van der Waals surface area contributed by atoms with E-state index in [1.54, 1.807) is 11.8 Å². The van der Waals surface area contributed by atoms with Crippen LogP contribution in [-0.2, 0) is 11.2 Å². The van der Waals surface area contributed by atoms with E-state index in [0.717, 1.165) is 4.90 Å². The lowest BCUT2D eigenvalue weighted by Gasteiger charge is -2.04. The van der Waals surface area contributed by atoms with Gasteiger partial charge in [-0.05, 0) is 24.3 Å². The molecule has 1 amide bonds. The average Bonchev–Trinajstić information content (AvgIpc) is 2.98. The number of nitrogens with one attached hydrogen (secondary N) is 1. The standard InChI is InChI=1S/C15H15ClN2O3S2/c16-10-1-3-11(4-2-10)22-8-6-13(19)17-7-5-14-18-12(9-23-14)15(20)21/h1-4,9H,5-8H2,(H,17,19)(H,20,21). The number of halogens is 1. The molecule has 2 rings (SSSR count). The summed E-state index contributed by atoms with van der Waals surface area (Å²) in [5, 5.41) is 14.5. The zero-order chi connectivity index (χ0) is 16.7. The van der Waals surface area contributed by atoms with Crippen molar-refractivity contribution >= 4 is 46.6 Å². The molecule has 0 aliphatic rings. The van der Waals surface area contributed by atoms with E-state index >= 15 is 0 Å². The van der Waals surface area contributed by atoms with Crippen LogP contribution in [-0.4, -0.2) is 34.3 Å². The molecule has 1 heterocycles. The Kier molecular flexibility index (Phi) is 6.88. The lowest BCUT2D eigenvalue weighted by atomic mass is 10.4. The van der Waals surface area contributed by atoms with Crippen LogP contribution in [0.2, 0.25) is 5.02 Å². The summed E-state index contributed by atoms with van der Waals surface area (Å²) in [4.78, 5) is 27.5. The van der Waals surface area contributed by atoms with Crippen LogP contribution < -0.4 is 5.32 Å². The third-order valence-electron chi connectivity index (χ3n) is 2.84.